The molecule has 0 aromatic heterocycles. The third-order valence-corrected chi connectivity index (χ3v) is 4.44. The second-order valence-electron chi connectivity index (χ2n) is 4.95. The van der Waals surface area contributed by atoms with Crippen molar-refractivity contribution in [3.63, 3.8) is 0 Å². The van der Waals surface area contributed by atoms with Gasteiger partial charge in [0.2, 0.25) is 0 Å². The lowest BCUT2D eigenvalue weighted by Gasteiger charge is -2.28. The topological polar surface area (TPSA) is 38.3 Å². The van der Waals surface area contributed by atoms with Crippen molar-refractivity contribution >= 4 is 21.8 Å². The molecule has 1 fully saturated rings. The highest BCUT2D eigenvalue weighted by Gasteiger charge is 2.31. The van der Waals surface area contributed by atoms with Crippen LogP contribution in [0.1, 0.15) is 36.0 Å². The maximum absolute atomic E-state index is 12.1. The average Bonchev–Trinajstić information content (AvgIpc) is 2.40. The molecule has 21 heavy (non-hydrogen) atoms. The van der Waals surface area contributed by atoms with E-state index in [9.17, 15) is 18.0 Å². The maximum Gasteiger partial charge on any atom is 0.573 e. The lowest BCUT2D eigenvalue weighted by molar-refractivity contribution is -0.274. The quantitative estimate of drug-likeness (QED) is 0.821. The summed E-state index contributed by atoms with van der Waals surface area (Å²) in [5.74, 6) is -0.625. The van der Waals surface area contributed by atoms with Crippen LogP contribution in [0.25, 0.3) is 0 Å². The highest BCUT2D eigenvalue weighted by atomic mass is 79.9. The minimum atomic E-state index is -4.73. The van der Waals surface area contributed by atoms with Crippen LogP contribution in [0, 0.1) is 0 Å². The molecular weight excluding hydrogens is 351 g/mol. The van der Waals surface area contributed by atoms with Crippen molar-refractivity contribution in [3.8, 4) is 5.75 Å². The Morgan fingerprint density at radius 2 is 1.81 bits per heavy atom. The molecule has 2 unspecified atom stereocenters. The molecule has 1 amide bonds. The van der Waals surface area contributed by atoms with Crippen LogP contribution in [0.4, 0.5) is 13.2 Å². The van der Waals surface area contributed by atoms with E-state index in [-0.39, 0.29) is 22.5 Å². The summed E-state index contributed by atoms with van der Waals surface area (Å²) >= 11 is 3.54. The lowest BCUT2D eigenvalue weighted by Crippen LogP contribution is -2.42. The Labute approximate surface area is 129 Å². The zero-order valence-electron chi connectivity index (χ0n) is 11.1. The van der Waals surface area contributed by atoms with Crippen molar-refractivity contribution in [2.24, 2.45) is 0 Å². The maximum atomic E-state index is 12.1. The summed E-state index contributed by atoms with van der Waals surface area (Å²) in [5, 5.41) is 2.90. The van der Waals surface area contributed by atoms with Crippen LogP contribution < -0.4 is 10.1 Å². The molecule has 1 aliphatic rings. The van der Waals surface area contributed by atoms with E-state index in [0.29, 0.717) is 5.56 Å². The second-order valence-corrected chi connectivity index (χ2v) is 6.13. The van der Waals surface area contributed by atoms with Crippen LogP contribution in [0.5, 0.6) is 5.75 Å². The summed E-state index contributed by atoms with van der Waals surface area (Å²) in [4.78, 5) is 12.3. The van der Waals surface area contributed by atoms with E-state index in [1.807, 2.05) is 0 Å². The van der Waals surface area contributed by atoms with Crippen molar-refractivity contribution < 1.29 is 22.7 Å². The van der Waals surface area contributed by atoms with E-state index in [0.717, 1.165) is 37.8 Å². The number of nitrogens with one attached hydrogen (secondary N) is 1. The van der Waals surface area contributed by atoms with Crippen molar-refractivity contribution in [1.82, 2.24) is 5.32 Å². The first-order chi connectivity index (χ1) is 9.85. The molecule has 1 aromatic rings. The lowest BCUT2D eigenvalue weighted by atomic mass is 9.95. The van der Waals surface area contributed by atoms with Crippen LogP contribution >= 0.6 is 15.9 Å². The smallest absolute Gasteiger partial charge is 0.406 e. The molecule has 0 aliphatic heterocycles. The molecule has 116 valence electrons. The van der Waals surface area contributed by atoms with Crippen LogP contribution in [0.2, 0.25) is 0 Å². The molecule has 1 aliphatic carbocycles. The Balaban J connectivity index is 1.96. The van der Waals surface area contributed by atoms with Crippen LogP contribution in [-0.4, -0.2) is 23.1 Å². The molecule has 0 radical (unpaired) electrons. The third kappa shape index (κ3) is 4.91. The number of hydrogen-bond donors (Lipinski definition) is 1. The second kappa shape index (κ2) is 6.68. The zero-order valence-corrected chi connectivity index (χ0v) is 12.7. The van der Waals surface area contributed by atoms with E-state index in [1.54, 1.807) is 0 Å². The monoisotopic (exact) mass is 365 g/mol. The molecule has 1 aromatic carbocycles. The van der Waals surface area contributed by atoms with Gasteiger partial charge in [-0.25, -0.2) is 0 Å². The number of ether oxygens (including phenoxy) is 1. The van der Waals surface area contributed by atoms with E-state index in [2.05, 4.69) is 26.0 Å². The Hall–Kier alpha value is -1.24. The average molecular weight is 366 g/mol. The van der Waals surface area contributed by atoms with Gasteiger partial charge in [-0.2, -0.15) is 0 Å². The first-order valence-electron chi connectivity index (χ1n) is 6.66. The minimum Gasteiger partial charge on any atom is -0.406 e. The van der Waals surface area contributed by atoms with Gasteiger partial charge in [0.1, 0.15) is 5.75 Å². The molecule has 1 saturated carbocycles. The number of carbonyl (C=O) groups is 1. The van der Waals surface area contributed by atoms with Gasteiger partial charge in [0.05, 0.1) is 0 Å². The van der Waals surface area contributed by atoms with E-state index in [1.165, 1.54) is 12.1 Å². The largest absolute Gasteiger partial charge is 0.573 e. The number of halogens is 4. The normalized spacial score (nSPS) is 22.7. The number of hydrogen-bond acceptors (Lipinski definition) is 2. The summed E-state index contributed by atoms with van der Waals surface area (Å²) in [5.41, 5.74) is 0.315. The molecule has 0 heterocycles. The first kappa shape index (κ1) is 16.1. The molecule has 0 saturated heterocycles. The SMILES string of the molecule is O=C(NC1CCCCC1Br)c1ccc(OC(F)(F)F)cc1. The van der Waals surface area contributed by atoms with Crippen molar-refractivity contribution in [1.29, 1.82) is 0 Å². The number of rotatable bonds is 3. The number of carbonyl (C=O) groups excluding carboxylic acids is 1. The highest BCUT2D eigenvalue weighted by Crippen LogP contribution is 2.25. The molecule has 2 rings (SSSR count). The van der Waals surface area contributed by atoms with E-state index in [4.69, 9.17) is 0 Å². The van der Waals surface area contributed by atoms with Gasteiger partial charge in [-0.15, -0.1) is 13.2 Å². The van der Waals surface area contributed by atoms with E-state index >= 15 is 0 Å². The zero-order chi connectivity index (χ0) is 15.5. The van der Waals surface area contributed by atoms with Gasteiger partial charge in [0.25, 0.3) is 5.91 Å². The fourth-order valence-corrected chi connectivity index (χ4v) is 3.03. The number of amides is 1. The molecule has 1 N–H and O–H groups in total. The summed E-state index contributed by atoms with van der Waals surface area (Å²) in [7, 11) is 0. The first-order valence-corrected chi connectivity index (χ1v) is 7.57. The summed E-state index contributed by atoms with van der Waals surface area (Å²) in [6, 6.07) is 4.96. The summed E-state index contributed by atoms with van der Waals surface area (Å²) in [6.07, 6.45) is -0.632. The molecule has 2 atom stereocenters. The van der Waals surface area contributed by atoms with Gasteiger partial charge in [-0.3, -0.25) is 4.79 Å². The molecule has 3 nitrogen and oxygen atoms in total. The number of benzene rings is 1. The van der Waals surface area contributed by atoms with Gasteiger partial charge in [-0.1, -0.05) is 28.8 Å². The fourth-order valence-electron chi connectivity index (χ4n) is 2.31. The molecule has 0 spiro atoms. The van der Waals surface area contributed by atoms with Crippen LogP contribution in [-0.2, 0) is 0 Å². The third-order valence-electron chi connectivity index (χ3n) is 3.35. The van der Waals surface area contributed by atoms with Crippen LogP contribution in [0.3, 0.4) is 0 Å². The predicted molar refractivity (Wildman–Crippen MR) is 75.6 cm³/mol. The Morgan fingerprint density at radius 1 is 1.19 bits per heavy atom. The Bertz CT molecular complexity index is 490. The van der Waals surface area contributed by atoms with Gasteiger partial charge >= 0.3 is 6.36 Å². The minimum absolute atomic E-state index is 0.0531. The standard InChI is InChI=1S/C14H15BrF3NO2/c15-11-3-1-2-4-12(11)19-13(20)9-5-7-10(8-6-9)21-14(16,17)18/h5-8,11-12H,1-4H2,(H,19,20). The Kier molecular flexibility index (Phi) is 5.13. The number of alkyl halides is 4. The fraction of sp³-hybridized carbons (Fsp3) is 0.500. The van der Waals surface area contributed by atoms with Crippen molar-refractivity contribution in [2.75, 3.05) is 0 Å². The summed E-state index contributed by atoms with van der Waals surface area (Å²) < 4.78 is 39.9. The molecule has 0 bridgehead atoms. The van der Waals surface area contributed by atoms with Crippen molar-refractivity contribution in [3.05, 3.63) is 29.8 Å². The van der Waals surface area contributed by atoms with Gasteiger partial charge in [0, 0.05) is 16.4 Å². The van der Waals surface area contributed by atoms with Gasteiger partial charge < -0.3 is 10.1 Å². The Morgan fingerprint density at radius 3 is 2.38 bits per heavy atom. The predicted octanol–water partition coefficient (Wildman–Crippen LogP) is 4.02. The van der Waals surface area contributed by atoms with Gasteiger partial charge in [0.15, 0.2) is 0 Å². The highest BCUT2D eigenvalue weighted by molar-refractivity contribution is 9.09. The van der Waals surface area contributed by atoms with E-state index < -0.39 is 6.36 Å². The molecular formula is C14H15BrF3NO2. The van der Waals surface area contributed by atoms with Gasteiger partial charge in [-0.05, 0) is 37.1 Å². The molecule has 7 heteroatoms. The van der Waals surface area contributed by atoms with Crippen molar-refractivity contribution in [2.45, 2.75) is 42.9 Å². The summed E-state index contributed by atoms with van der Waals surface area (Å²) in [6.45, 7) is 0. The van der Waals surface area contributed by atoms with Crippen LogP contribution in [0.15, 0.2) is 24.3 Å².